The van der Waals surface area contributed by atoms with Crippen LogP contribution in [-0.2, 0) is 13.0 Å². The van der Waals surface area contributed by atoms with E-state index in [9.17, 15) is 4.79 Å². The van der Waals surface area contributed by atoms with Gasteiger partial charge in [-0.3, -0.25) is 4.79 Å². The number of hydrogen-bond acceptors (Lipinski definition) is 3. The van der Waals surface area contributed by atoms with Crippen LogP contribution in [0.3, 0.4) is 0 Å². The molecule has 4 rings (SSSR count). The third-order valence-corrected chi connectivity index (χ3v) is 7.52. The number of hydrogen-bond donors (Lipinski definition) is 0. The zero-order valence-electron chi connectivity index (χ0n) is 21.3. The summed E-state index contributed by atoms with van der Waals surface area (Å²) in [7, 11) is 1.63. The van der Waals surface area contributed by atoms with E-state index in [0.29, 0.717) is 10.6 Å². The lowest BCUT2D eigenvalue weighted by molar-refractivity contribution is 0.103. The first-order chi connectivity index (χ1) is 17.5. The molecule has 186 valence electrons. The fourth-order valence-corrected chi connectivity index (χ4v) is 5.46. The molecule has 0 aliphatic rings. The number of ketones is 1. The minimum absolute atomic E-state index is 0.0207. The summed E-state index contributed by atoms with van der Waals surface area (Å²) in [4.78, 5) is 14.1. The van der Waals surface area contributed by atoms with Gasteiger partial charge in [-0.25, -0.2) is 0 Å². The average Bonchev–Trinajstić information content (AvgIpc) is 3.21. The van der Waals surface area contributed by atoms with Crippen LogP contribution in [0.25, 0.3) is 11.1 Å². The van der Waals surface area contributed by atoms with Gasteiger partial charge < -0.3 is 9.30 Å². The largest absolute Gasteiger partial charge is 0.497 e. The summed E-state index contributed by atoms with van der Waals surface area (Å²) in [6.45, 7) is 5.17. The van der Waals surface area contributed by atoms with Crippen molar-refractivity contribution in [1.82, 2.24) is 4.57 Å². The fraction of sp³-hybridized carbons (Fsp3) is 0.258. The van der Waals surface area contributed by atoms with Crippen LogP contribution >= 0.6 is 23.4 Å². The minimum atomic E-state index is 0.0207. The highest BCUT2D eigenvalue weighted by Gasteiger charge is 2.28. The second kappa shape index (κ2) is 11.9. The van der Waals surface area contributed by atoms with Crippen molar-refractivity contribution in [2.24, 2.45) is 0 Å². The molecule has 0 atom stereocenters. The molecule has 3 nitrogen and oxygen atoms in total. The highest BCUT2D eigenvalue weighted by atomic mass is 35.5. The predicted octanol–water partition coefficient (Wildman–Crippen LogP) is 8.47. The Balaban J connectivity index is 1.97. The number of rotatable bonds is 10. The lowest BCUT2D eigenvalue weighted by Crippen LogP contribution is -2.07. The molecule has 5 heteroatoms. The van der Waals surface area contributed by atoms with Gasteiger partial charge in [-0.1, -0.05) is 66.9 Å². The van der Waals surface area contributed by atoms with Gasteiger partial charge in [0.1, 0.15) is 5.75 Å². The number of methoxy groups -OCH3 is 1. The molecule has 36 heavy (non-hydrogen) atoms. The van der Waals surface area contributed by atoms with Crippen LogP contribution in [0.2, 0.25) is 5.02 Å². The molecule has 0 amide bonds. The van der Waals surface area contributed by atoms with E-state index >= 15 is 0 Å². The highest BCUT2D eigenvalue weighted by Crippen LogP contribution is 2.40. The van der Waals surface area contributed by atoms with Gasteiger partial charge >= 0.3 is 0 Å². The zero-order chi connectivity index (χ0) is 25.7. The first-order valence-electron chi connectivity index (χ1n) is 12.3. The van der Waals surface area contributed by atoms with Gasteiger partial charge in [0.15, 0.2) is 5.78 Å². The molecule has 1 heterocycles. The van der Waals surface area contributed by atoms with Crippen molar-refractivity contribution in [3.8, 4) is 16.9 Å². The maximum absolute atomic E-state index is 14.1. The Morgan fingerprint density at radius 2 is 1.64 bits per heavy atom. The van der Waals surface area contributed by atoms with Crippen molar-refractivity contribution in [1.29, 1.82) is 0 Å². The van der Waals surface area contributed by atoms with Gasteiger partial charge in [-0.15, -0.1) is 11.8 Å². The quantitative estimate of drug-likeness (QED) is 0.156. The number of ether oxygens (including phenoxy) is 1. The van der Waals surface area contributed by atoms with Gasteiger partial charge in [0.2, 0.25) is 0 Å². The summed E-state index contributed by atoms with van der Waals surface area (Å²) in [6.07, 6.45) is 4.92. The van der Waals surface area contributed by atoms with Gasteiger partial charge in [0.25, 0.3) is 0 Å². The summed E-state index contributed by atoms with van der Waals surface area (Å²) in [6, 6.07) is 23.9. The van der Waals surface area contributed by atoms with E-state index in [1.165, 1.54) is 11.1 Å². The number of unbranched alkanes of at least 4 members (excludes halogenated alkanes) is 1. The Morgan fingerprint density at radius 3 is 2.22 bits per heavy atom. The number of aryl methyl sites for hydroxylation is 1. The maximum atomic E-state index is 14.1. The average molecular weight is 518 g/mol. The number of carbonyl (C=O) groups excluding carboxylic acids is 1. The molecule has 0 bridgehead atoms. The second-order valence-corrected chi connectivity index (χ2v) is 10.2. The molecule has 0 spiro atoms. The topological polar surface area (TPSA) is 31.2 Å². The summed E-state index contributed by atoms with van der Waals surface area (Å²) in [5, 5.41) is 1.69. The lowest BCUT2D eigenvalue weighted by Gasteiger charge is -2.14. The normalized spacial score (nSPS) is 11.0. The van der Waals surface area contributed by atoms with E-state index in [-0.39, 0.29) is 5.78 Å². The summed E-state index contributed by atoms with van der Waals surface area (Å²) < 4.78 is 7.68. The van der Waals surface area contributed by atoms with Crippen molar-refractivity contribution < 1.29 is 9.53 Å². The second-order valence-electron chi connectivity index (χ2n) is 8.94. The fourth-order valence-electron chi connectivity index (χ4n) is 4.52. The van der Waals surface area contributed by atoms with Crippen molar-refractivity contribution in [2.75, 3.05) is 13.4 Å². The van der Waals surface area contributed by atoms with Crippen LogP contribution in [0.15, 0.2) is 77.8 Å². The van der Waals surface area contributed by atoms with Gasteiger partial charge in [0, 0.05) is 34.8 Å². The Morgan fingerprint density at radius 1 is 0.972 bits per heavy atom. The molecule has 0 unspecified atom stereocenters. The number of aromatic nitrogens is 1. The Bertz CT molecular complexity index is 1320. The van der Waals surface area contributed by atoms with Crippen LogP contribution in [0, 0.1) is 6.92 Å². The number of thioether (sulfide) groups is 1. The Labute approximate surface area is 223 Å². The van der Waals surface area contributed by atoms with E-state index < -0.39 is 0 Å². The molecule has 1 aromatic heterocycles. The smallest absolute Gasteiger partial charge is 0.196 e. The summed E-state index contributed by atoms with van der Waals surface area (Å²) >= 11 is 7.89. The molecule has 0 fully saturated rings. The Kier molecular flexibility index (Phi) is 8.60. The molecule has 0 saturated heterocycles. The number of nitrogens with zero attached hydrogens (tertiary/aromatic N) is 1. The number of benzene rings is 3. The van der Waals surface area contributed by atoms with Crippen molar-refractivity contribution in [3.63, 3.8) is 0 Å². The van der Waals surface area contributed by atoms with E-state index in [1.54, 1.807) is 18.9 Å². The monoisotopic (exact) mass is 517 g/mol. The van der Waals surface area contributed by atoms with Gasteiger partial charge in [-0.05, 0) is 67.1 Å². The molecule has 0 radical (unpaired) electrons. The van der Waals surface area contributed by atoms with Crippen LogP contribution in [0.5, 0.6) is 5.75 Å². The number of carbonyl (C=O) groups is 1. The SMILES string of the molecule is CCCCn1c(Cc2ccc(C)cc2)c(-c2ccc(Cl)cc2)c(C(=O)c2ccc(OC)cc2)c1SC. The predicted molar refractivity (Wildman–Crippen MR) is 152 cm³/mol. The van der Waals surface area contributed by atoms with E-state index in [2.05, 4.69) is 48.9 Å². The third kappa shape index (κ3) is 5.55. The molecule has 4 aromatic rings. The third-order valence-electron chi connectivity index (χ3n) is 6.46. The number of halogens is 1. The first-order valence-corrected chi connectivity index (χ1v) is 13.9. The van der Waals surface area contributed by atoms with Crippen molar-refractivity contribution >= 4 is 29.1 Å². The van der Waals surface area contributed by atoms with E-state index in [0.717, 1.165) is 59.0 Å². The first kappa shape index (κ1) is 26.1. The molecule has 0 N–H and O–H groups in total. The van der Waals surface area contributed by atoms with Crippen molar-refractivity contribution in [3.05, 3.63) is 106 Å². The van der Waals surface area contributed by atoms with E-state index in [4.69, 9.17) is 16.3 Å². The van der Waals surface area contributed by atoms with Crippen LogP contribution in [0.4, 0.5) is 0 Å². The summed E-state index contributed by atoms with van der Waals surface area (Å²) in [5.74, 6) is 0.752. The van der Waals surface area contributed by atoms with Crippen molar-refractivity contribution in [2.45, 2.75) is 44.7 Å². The zero-order valence-corrected chi connectivity index (χ0v) is 22.9. The summed E-state index contributed by atoms with van der Waals surface area (Å²) in [5.41, 5.74) is 7.03. The standard InChI is InChI=1S/C31H32ClNO2S/c1-5-6-19-33-27(20-22-9-7-21(2)8-10-22)28(23-11-15-25(32)16-12-23)29(31(33)36-4)30(34)24-13-17-26(35-3)18-14-24/h7-18H,5-6,19-20H2,1-4H3. The highest BCUT2D eigenvalue weighted by molar-refractivity contribution is 7.98. The van der Waals surface area contributed by atoms with E-state index in [1.807, 2.05) is 48.5 Å². The lowest BCUT2D eigenvalue weighted by atomic mass is 9.93. The molecule has 0 aliphatic carbocycles. The van der Waals surface area contributed by atoms with Crippen LogP contribution in [-0.4, -0.2) is 23.7 Å². The van der Waals surface area contributed by atoms with Crippen LogP contribution < -0.4 is 4.74 Å². The minimum Gasteiger partial charge on any atom is -0.497 e. The van der Waals surface area contributed by atoms with Gasteiger partial charge in [-0.2, -0.15) is 0 Å². The Hall–Kier alpha value is -2.95. The molecule has 3 aromatic carbocycles. The van der Waals surface area contributed by atoms with Gasteiger partial charge in [0.05, 0.1) is 17.7 Å². The molecule has 0 saturated carbocycles. The molecular formula is C31H32ClNO2S. The maximum Gasteiger partial charge on any atom is 0.196 e. The molecule has 0 aliphatic heterocycles. The van der Waals surface area contributed by atoms with Crippen LogP contribution in [0.1, 0.15) is 52.5 Å². The molecular weight excluding hydrogens is 486 g/mol.